The number of nitrogens with zero attached hydrogens (tertiary/aromatic N) is 1. The van der Waals surface area contributed by atoms with Crippen LogP contribution in [0.3, 0.4) is 0 Å². The molecule has 7 heteroatoms. The van der Waals surface area contributed by atoms with Gasteiger partial charge >= 0.3 is 5.97 Å². The normalized spacial score (nSPS) is 17.5. The number of carbonyl (C=O) groups is 1. The molecule has 0 bridgehead atoms. The van der Waals surface area contributed by atoms with Gasteiger partial charge in [-0.3, -0.25) is 4.90 Å². The van der Waals surface area contributed by atoms with Crippen molar-refractivity contribution in [2.24, 2.45) is 0 Å². The first-order chi connectivity index (χ1) is 9.99. The Morgan fingerprint density at radius 2 is 2.19 bits per heavy atom. The van der Waals surface area contributed by atoms with E-state index in [-0.39, 0.29) is 16.1 Å². The van der Waals surface area contributed by atoms with Gasteiger partial charge in [-0.2, -0.15) is 0 Å². The van der Waals surface area contributed by atoms with Crippen molar-refractivity contribution in [1.82, 2.24) is 4.90 Å². The average molecular weight is 361 g/mol. The summed E-state index contributed by atoms with van der Waals surface area (Å²) in [5, 5.41) is 12.0. The first-order valence-corrected chi connectivity index (χ1v) is 7.56. The average Bonchev–Trinajstić information content (AvgIpc) is 2.44. The number of ether oxygens (including phenoxy) is 1. The van der Waals surface area contributed by atoms with Crippen LogP contribution in [0.1, 0.15) is 17.3 Å². The standard InChI is InChI=1S/C14H18BrFN2O3/c1-9(8-18-4-6-21-7-5-18)17-11-3-2-10(14(19)20)12(15)13(11)16/h2-3,9,17H,4-8H2,1H3,(H,19,20). The van der Waals surface area contributed by atoms with Gasteiger partial charge in [0.15, 0.2) is 5.82 Å². The summed E-state index contributed by atoms with van der Waals surface area (Å²) in [7, 11) is 0. The van der Waals surface area contributed by atoms with Crippen molar-refractivity contribution in [3.63, 3.8) is 0 Å². The molecule has 0 aliphatic carbocycles. The van der Waals surface area contributed by atoms with Crippen molar-refractivity contribution in [3.8, 4) is 0 Å². The Balaban J connectivity index is 2.01. The van der Waals surface area contributed by atoms with Crippen molar-refractivity contribution in [2.75, 3.05) is 38.2 Å². The van der Waals surface area contributed by atoms with Crippen LogP contribution in [0, 0.1) is 5.82 Å². The van der Waals surface area contributed by atoms with Gasteiger partial charge in [0.25, 0.3) is 0 Å². The van der Waals surface area contributed by atoms with Crippen LogP contribution >= 0.6 is 15.9 Å². The van der Waals surface area contributed by atoms with E-state index in [0.717, 1.165) is 32.8 Å². The van der Waals surface area contributed by atoms with Gasteiger partial charge in [-0.1, -0.05) is 0 Å². The van der Waals surface area contributed by atoms with Crippen molar-refractivity contribution in [2.45, 2.75) is 13.0 Å². The first-order valence-electron chi connectivity index (χ1n) is 6.77. The summed E-state index contributed by atoms with van der Waals surface area (Å²) >= 11 is 3.00. The molecule has 1 aliphatic heterocycles. The van der Waals surface area contributed by atoms with Crippen LogP contribution < -0.4 is 5.32 Å². The summed E-state index contributed by atoms with van der Waals surface area (Å²) in [5.74, 6) is -1.74. The van der Waals surface area contributed by atoms with Gasteiger partial charge in [0, 0.05) is 25.7 Å². The number of rotatable bonds is 5. The number of halogens is 2. The number of aromatic carboxylic acids is 1. The van der Waals surface area contributed by atoms with Crippen molar-refractivity contribution in [1.29, 1.82) is 0 Å². The quantitative estimate of drug-likeness (QED) is 0.844. The third-order valence-electron chi connectivity index (χ3n) is 3.35. The highest BCUT2D eigenvalue weighted by Crippen LogP contribution is 2.27. The molecule has 1 aromatic carbocycles. The molecular formula is C14H18BrFN2O3. The highest BCUT2D eigenvalue weighted by molar-refractivity contribution is 9.10. The SMILES string of the molecule is CC(CN1CCOCC1)Nc1ccc(C(=O)O)c(Br)c1F. The maximum Gasteiger partial charge on any atom is 0.336 e. The topological polar surface area (TPSA) is 61.8 Å². The van der Waals surface area contributed by atoms with Gasteiger partial charge in [0.05, 0.1) is 28.9 Å². The molecule has 1 aromatic rings. The van der Waals surface area contributed by atoms with Gasteiger partial charge in [-0.05, 0) is 35.0 Å². The number of hydrogen-bond donors (Lipinski definition) is 2. The monoisotopic (exact) mass is 360 g/mol. The number of hydrogen-bond acceptors (Lipinski definition) is 4. The van der Waals surface area contributed by atoms with E-state index in [9.17, 15) is 9.18 Å². The molecule has 1 unspecified atom stereocenters. The summed E-state index contributed by atoms with van der Waals surface area (Å²) in [5.41, 5.74) is 0.214. The summed E-state index contributed by atoms with van der Waals surface area (Å²) in [6.07, 6.45) is 0. The van der Waals surface area contributed by atoms with Crippen LogP contribution in [0.5, 0.6) is 0 Å². The minimum Gasteiger partial charge on any atom is -0.478 e. The summed E-state index contributed by atoms with van der Waals surface area (Å²) in [6, 6.07) is 2.89. The maximum absolute atomic E-state index is 14.2. The van der Waals surface area contributed by atoms with E-state index in [2.05, 4.69) is 26.1 Å². The fourth-order valence-corrected chi connectivity index (χ4v) is 2.82. The molecule has 1 aliphatic rings. The molecule has 0 spiro atoms. The molecule has 116 valence electrons. The lowest BCUT2D eigenvalue weighted by molar-refractivity contribution is 0.0368. The molecule has 0 aromatic heterocycles. The second kappa shape index (κ2) is 7.20. The molecular weight excluding hydrogens is 343 g/mol. The Morgan fingerprint density at radius 1 is 1.52 bits per heavy atom. The minimum atomic E-state index is -1.16. The van der Waals surface area contributed by atoms with Crippen molar-refractivity contribution < 1.29 is 19.0 Å². The smallest absolute Gasteiger partial charge is 0.336 e. The van der Waals surface area contributed by atoms with Gasteiger partial charge in [-0.15, -0.1) is 0 Å². The van der Waals surface area contributed by atoms with Crippen LogP contribution in [0.15, 0.2) is 16.6 Å². The fourth-order valence-electron chi connectivity index (χ4n) is 2.31. The maximum atomic E-state index is 14.2. The zero-order chi connectivity index (χ0) is 15.4. The first kappa shape index (κ1) is 16.2. The Labute approximate surface area is 131 Å². The second-order valence-electron chi connectivity index (χ2n) is 5.05. The van der Waals surface area contributed by atoms with Crippen LogP contribution in [0.2, 0.25) is 0 Å². The molecule has 5 nitrogen and oxygen atoms in total. The predicted octanol–water partition coefficient (Wildman–Crippen LogP) is 2.42. The lowest BCUT2D eigenvalue weighted by Crippen LogP contribution is -2.42. The molecule has 1 atom stereocenters. The Kier molecular flexibility index (Phi) is 5.55. The summed E-state index contributed by atoms with van der Waals surface area (Å²) in [6.45, 7) is 5.93. The van der Waals surface area contributed by atoms with Crippen LogP contribution in [-0.4, -0.2) is 54.9 Å². The largest absolute Gasteiger partial charge is 0.478 e. The highest BCUT2D eigenvalue weighted by Gasteiger charge is 2.18. The molecule has 1 heterocycles. The summed E-state index contributed by atoms with van der Waals surface area (Å²) in [4.78, 5) is 13.2. The van der Waals surface area contributed by atoms with Gasteiger partial charge in [0.1, 0.15) is 0 Å². The lowest BCUT2D eigenvalue weighted by atomic mass is 10.2. The molecule has 1 saturated heterocycles. The highest BCUT2D eigenvalue weighted by atomic mass is 79.9. The van der Waals surface area contributed by atoms with Gasteiger partial charge in [0.2, 0.25) is 0 Å². The number of nitrogens with one attached hydrogen (secondary N) is 1. The van der Waals surface area contributed by atoms with E-state index < -0.39 is 11.8 Å². The number of benzene rings is 1. The van der Waals surface area contributed by atoms with E-state index in [1.807, 2.05) is 6.92 Å². The lowest BCUT2D eigenvalue weighted by Gasteiger charge is -2.29. The minimum absolute atomic E-state index is 0.0291. The zero-order valence-electron chi connectivity index (χ0n) is 11.7. The van der Waals surface area contributed by atoms with E-state index in [1.165, 1.54) is 12.1 Å². The Morgan fingerprint density at radius 3 is 2.81 bits per heavy atom. The molecule has 0 saturated carbocycles. The number of carboxylic acids is 1. The fraction of sp³-hybridized carbons (Fsp3) is 0.500. The molecule has 0 amide bonds. The van der Waals surface area contributed by atoms with Crippen LogP contribution in [0.4, 0.5) is 10.1 Å². The van der Waals surface area contributed by atoms with Gasteiger partial charge < -0.3 is 15.2 Å². The number of carboxylic acid groups (broad SMARTS) is 1. The zero-order valence-corrected chi connectivity index (χ0v) is 13.3. The Hall–Kier alpha value is -1.18. The molecule has 2 N–H and O–H groups in total. The molecule has 1 fully saturated rings. The second-order valence-corrected chi connectivity index (χ2v) is 5.85. The van der Waals surface area contributed by atoms with Crippen LogP contribution in [-0.2, 0) is 4.74 Å². The number of anilines is 1. The molecule has 2 rings (SSSR count). The van der Waals surface area contributed by atoms with E-state index in [0.29, 0.717) is 5.69 Å². The van der Waals surface area contributed by atoms with Crippen molar-refractivity contribution in [3.05, 3.63) is 28.0 Å². The van der Waals surface area contributed by atoms with Crippen LogP contribution in [0.25, 0.3) is 0 Å². The molecule has 0 radical (unpaired) electrons. The number of morpholine rings is 1. The Bertz CT molecular complexity index is 521. The van der Waals surface area contributed by atoms with E-state index in [4.69, 9.17) is 9.84 Å². The third kappa shape index (κ3) is 4.15. The van der Waals surface area contributed by atoms with E-state index >= 15 is 0 Å². The van der Waals surface area contributed by atoms with E-state index in [1.54, 1.807) is 0 Å². The predicted molar refractivity (Wildman–Crippen MR) is 81.4 cm³/mol. The van der Waals surface area contributed by atoms with Crippen molar-refractivity contribution >= 4 is 27.6 Å². The summed E-state index contributed by atoms with van der Waals surface area (Å²) < 4.78 is 19.4. The van der Waals surface area contributed by atoms with Gasteiger partial charge in [-0.25, -0.2) is 9.18 Å². The third-order valence-corrected chi connectivity index (χ3v) is 4.13. The molecule has 21 heavy (non-hydrogen) atoms.